The van der Waals surface area contributed by atoms with Crippen LogP contribution in [0.25, 0.3) is 0 Å². The molecule has 2 N–H and O–H groups in total. The molecule has 0 radical (unpaired) electrons. The van der Waals surface area contributed by atoms with Crippen LogP contribution < -0.4 is 5.73 Å². The third-order valence-electron chi connectivity index (χ3n) is 4.78. The molecule has 1 heterocycles. The Bertz CT molecular complexity index is 332. The highest BCUT2D eigenvalue weighted by Crippen LogP contribution is 2.43. The summed E-state index contributed by atoms with van der Waals surface area (Å²) in [4.78, 5) is 13.9. The van der Waals surface area contributed by atoms with E-state index in [1.54, 1.807) is 0 Å². The molecule has 0 aromatic rings. The van der Waals surface area contributed by atoms with Gasteiger partial charge in [-0.1, -0.05) is 27.2 Å². The lowest BCUT2D eigenvalue weighted by molar-refractivity contribution is -0.127. The predicted octanol–water partition coefficient (Wildman–Crippen LogP) is 2.74. The van der Waals surface area contributed by atoms with Crippen molar-refractivity contribution in [2.45, 2.75) is 70.7 Å². The first-order valence-corrected chi connectivity index (χ1v) is 10.8. The van der Waals surface area contributed by atoms with E-state index < -0.39 is 8.32 Å². The molecule has 118 valence electrons. The van der Waals surface area contributed by atoms with E-state index in [0.717, 1.165) is 19.5 Å². The number of likely N-dealkylation sites (tertiary alicyclic amines) is 1. The van der Waals surface area contributed by atoms with Gasteiger partial charge in [-0.05, 0) is 37.5 Å². The summed E-state index contributed by atoms with van der Waals surface area (Å²) < 4.78 is 6.44. The van der Waals surface area contributed by atoms with Crippen LogP contribution in [0.3, 0.4) is 0 Å². The average Bonchev–Trinajstić information content (AvgIpc) is 2.65. The van der Waals surface area contributed by atoms with E-state index in [9.17, 15) is 4.79 Å². The summed E-state index contributed by atoms with van der Waals surface area (Å²) >= 11 is 0. The lowest BCUT2D eigenvalue weighted by atomic mass is 10.1. The Kier molecular flexibility index (Phi) is 6.22. The Morgan fingerprint density at radius 3 is 2.65 bits per heavy atom. The Morgan fingerprint density at radius 1 is 1.45 bits per heavy atom. The third-order valence-corrected chi connectivity index (χ3v) is 9.21. The number of nitrogens with two attached hydrogens (primary N) is 1. The highest BCUT2D eigenvalue weighted by Gasteiger charge is 2.44. The summed E-state index contributed by atoms with van der Waals surface area (Å²) in [7, 11) is -1.81. The molecule has 1 rings (SSSR count). The van der Waals surface area contributed by atoms with Crippen molar-refractivity contribution in [2.24, 2.45) is 5.73 Å². The van der Waals surface area contributed by atoms with E-state index in [2.05, 4.69) is 33.9 Å². The molecule has 1 amide bonds. The molecule has 1 atom stereocenters. The topological polar surface area (TPSA) is 55.6 Å². The summed E-state index contributed by atoms with van der Waals surface area (Å²) in [5.41, 5.74) is 5.52. The second-order valence-electron chi connectivity index (χ2n) is 7.07. The van der Waals surface area contributed by atoms with Crippen LogP contribution in [-0.2, 0) is 9.22 Å². The smallest absolute Gasteiger partial charge is 0.225 e. The van der Waals surface area contributed by atoms with Gasteiger partial charge < -0.3 is 15.1 Å². The second kappa shape index (κ2) is 7.05. The highest BCUT2D eigenvalue weighted by atomic mass is 28.4. The standard InChI is InChI=1S/C15H32N2O2Si/c1-6-8-15(2,3)20(4,5)19-13-11-14(18)17(12-13)10-7-9-16/h13H,6-12,16H2,1-5H3/t13-/m1/s1. The molecule has 0 aliphatic carbocycles. The van der Waals surface area contributed by atoms with Crippen LogP contribution in [0.2, 0.25) is 18.1 Å². The van der Waals surface area contributed by atoms with Gasteiger partial charge in [-0.15, -0.1) is 0 Å². The molecule has 0 saturated carbocycles. The van der Waals surface area contributed by atoms with Gasteiger partial charge in [0.25, 0.3) is 0 Å². The van der Waals surface area contributed by atoms with Gasteiger partial charge in [0.1, 0.15) is 0 Å². The zero-order chi connectivity index (χ0) is 15.4. The van der Waals surface area contributed by atoms with Gasteiger partial charge in [-0.2, -0.15) is 0 Å². The van der Waals surface area contributed by atoms with Gasteiger partial charge in [0.15, 0.2) is 8.32 Å². The fraction of sp³-hybridized carbons (Fsp3) is 0.933. The SMILES string of the molecule is CCCC(C)(C)[Si](C)(C)O[C@@H]1CC(=O)N(CCCN)C1. The lowest BCUT2D eigenvalue weighted by Crippen LogP contribution is -2.45. The minimum absolute atomic E-state index is 0.0815. The average molecular weight is 301 g/mol. The zero-order valence-electron chi connectivity index (χ0n) is 13.9. The summed E-state index contributed by atoms with van der Waals surface area (Å²) in [6.07, 6.45) is 3.87. The number of hydrogen-bond donors (Lipinski definition) is 1. The van der Waals surface area contributed by atoms with Crippen LogP contribution in [0.1, 0.15) is 46.5 Å². The number of nitrogens with zero attached hydrogens (tertiary/aromatic N) is 1. The maximum Gasteiger partial charge on any atom is 0.225 e. The second-order valence-corrected chi connectivity index (χ2v) is 11.7. The van der Waals surface area contributed by atoms with Gasteiger partial charge in [-0.25, -0.2) is 0 Å². The molecule has 0 aromatic carbocycles. The highest BCUT2D eigenvalue weighted by molar-refractivity contribution is 6.74. The number of rotatable bonds is 8. The Hall–Kier alpha value is -0.393. The summed E-state index contributed by atoms with van der Waals surface area (Å²) in [6, 6.07) is 0. The quantitative estimate of drug-likeness (QED) is 0.701. The molecule has 1 saturated heterocycles. The Labute approximate surface area is 125 Å². The van der Waals surface area contributed by atoms with Gasteiger partial charge in [0.05, 0.1) is 12.5 Å². The summed E-state index contributed by atoms with van der Waals surface area (Å²) in [5.74, 6) is 0.224. The van der Waals surface area contributed by atoms with Crippen molar-refractivity contribution in [1.82, 2.24) is 4.90 Å². The molecular weight excluding hydrogens is 268 g/mol. The van der Waals surface area contributed by atoms with E-state index in [1.165, 1.54) is 12.8 Å². The predicted molar refractivity (Wildman–Crippen MR) is 86.2 cm³/mol. The van der Waals surface area contributed by atoms with Crippen LogP contribution in [0.15, 0.2) is 0 Å². The molecular formula is C15H32N2O2Si. The zero-order valence-corrected chi connectivity index (χ0v) is 14.9. The van der Waals surface area contributed by atoms with Crippen molar-refractivity contribution in [3.63, 3.8) is 0 Å². The molecule has 20 heavy (non-hydrogen) atoms. The van der Waals surface area contributed by atoms with E-state index in [1.807, 2.05) is 4.90 Å². The van der Waals surface area contributed by atoms with E-state index in [-0.39, 0.29) is 17.0 Å². The largest absolute Gasteiger partial charge is 0.412 e. The molecule has 0 bridgehead atoms. The first kappa shape index (κ1) is 17.7. The van der Waals surface area contributed by atoms with Crippen molar-refractivity contribution >= 4 is 14.2 Å². The summed E-state index contributed by atoms with van der Waals surface area (Å²) in [6.45, 7) is 13.6. The van der Waals surface area contributed by atoms with Crippen molar-refractivity contribution in [3.8, 4) is 0 Å². The fourth-order valence-electron chi connectivity index (χ4n) is 2.82. The maximum absolute atomic E-state index is 12.0. The number of hydrogen-bond acceptors (Lipinski definition) is 3. The first-order chi connectivity index (χ1) is 9.23. The van der Waals surface area contributed by atoms with E-state index in [4.69, 9.17) is 10.2 Å². The number of carbonyl (C=O) groups excluding carboxylic acids is 1. The van der Waals surface area contributed by atoms with Crippen LogP contribution >= 0.6 is 0 Å². The van der Waals surface area contributed by atoms with Gasteiger partial charge >= 0.3 is 0 Å². The third kappa shape index (κ3) is 4.30. The van der Waals surface area contributed by atoms with Crippen molar-refractivity contribution in [3.05, 3.63) is 0 Å². The molecule has 0 unspecified atom stereocenters. The fourth-order valence-corrected chi connectivity index (χ4v) is 4.98. The molecule has 5 heteroatoms. The molecule has 0 aromatic heterocycles. The minimum Gasteiger partial charge on any atom is -0.412 e. The molecule has 1 aliphatic rings. The summed E-state index contributed by atoms with van der Waals surface area (Å²) in [5, 5.41) is 0.246. The van der Waals surface area contributed by atoms with Crippen LogP contribution in [0.4, 0.5) is 0 Å². The number of amides is 1. The lowest BCUT2D eigenvalue weighted by Gasteiger charge is -2.41. The van der Waals surface area contributed by atoms with E-state index in [0.29, 0.717) is 13.0 Å². The van der Waals surface area contributed by atoms with Gasteiger partial charge in [0.2, 0.25) is 5.91 Å². The maximum atomic E-state index is 12.0. The van der Waals surface area contributed by atoms with Crippen molar-refractivity contribution < 1.29 is 9.22 Å². The monoisotopic (exact) mass is 300 g/mol. The van der Waals surface area contributed by atoms with Gasteiger partial charge in [0, 0.05) is 13.1 Å². The molecule has 0 spiro atoms. The Morgan fingerprint density at radius 2 is 2.10 bits per heavy atom. The molecule has 1 fully saturated rings. The van der Waals surface area contributed by atoms with Crippen LogP contribution in [0.5, 0.6) is 0 Å². The van der Waals surface area contributed by atoms with Crippen LogP contribution in [0, 0.1) is 0 Å². The molecule has 4 nitrogen and oxygen atoms in total. The van der Waals surface area contributed by atoms with Gasteiger partial charge in [-0.3, -0.25) is 4.79 Å². The normalized spacial score (nSPS) is 20.8. The first-order valence-electron chi connectivity index (χ1n) is 7.89. The minimum atomic E-state index is -1.81. The van der Waals surface area contributed by atoms with Crippen LogP contribution in [-0.4, -0.2) is 44.9 Å². The number of carbonyl (C=O) groups is 1. The van der Waals surface area contributed by atoms with Crippen molar-refractivity contribution in [1.29, 1.82) is 0 Å². The van der Waals surface area contributed by atoms with Crippen molar-refractivity contribution in [2.75, 3.05) is 19.6 Å². The van der Waals surface area contributed by atoms with E-state index >= 15 is 0 Å². The Balaban J connectivity index is 2.59. The molecule has 1 aliphatic heterocycles.